The van der Waals surface area contributed by atoms with E-state index >= 15 is 0 Å². The molecule has 0 radical (unpaired) electrons. The summed E-state index contributed by atoms with van der Waals surface area (Å²) >= 11 is 5.92. The van der Waals surface area contributed by atoms with E-state index in [2.05, 4.69) is 14.9 Å². The maximum Gasteiger partial charge on any atom is 0.323 e. The smallest absolute Gasteiger partial charge is 0.323 e. The quantitative estimate of drug-likeness (QED) is 0.713. The van der Waals surface area contributed by atoms with Crippen LogP contribution in [0.4, 0.5) is 5.69 Å². The van der Waals surface area contributed by atoms with Crippen LogP contribution < -0.4 is 10.6 Å². The first kappa shape index (κ1) is 17.1. The van der Waals surface area contributed by atoms with E-state index in [9.17, 15) is 13.2 Å². The summed E-state index contributed by atoms with van der Waals surface area (Å²) in [7, 11) is -3.55. The highest BCUT2D eigenvalue weighted by Crippen LogP contribution is 2.24. The van der Waals surface area contributed by atoms with Crippen LogP contribution in [-0.4, -0.2) is 48.9 Å². The molecule has 1 saturated heterocycles. The van der Waals surface area contributed by atoms with Crippen LogP contribution in [0.25, 0.3) is 11.0 Å². The molecule has 0 atom stereocenters. The summed E-state index contributed by atoms with van der Waals surface area (Å²) in [4.78, 5) is 19.2. The second kappa shape index (κ2) is 6.46. The molecule has 26 heavy (non-hydrogen) atoms. The molecule has 9 heteroatoms. The van der Waals surface area contributed by atoms with Crippen LogP contribution in [0.1, 0.15) is 0 Å². The summed E-state index contributed by atoms with van der Waals surface area (Å²) in [5, 5.41) is 0.401. The van der Waals surface area contributed by atoms with Gasteiger partial charge in [-0.15, -0.1) is 0 Å². The third-order valence-corrected chi connectivity index (χ3v) is 6.67. The van der Waals surface area contributed by atoms with Gasteiger partial charge in [-0.05, 0) is 36.4 Å². The molecule has 2 heterocycles. The van der Waals surface area contributed by atoms with E-state index in [4.69, 9.17) is 11.6 Å². The minimum Gasteiger partial charge on any atom is -0.369 e. The zero-order valence-electron chi connectivity index (χ0n) is 13.8. The van der Waals surface area contributed by atoms with Crippen LogP contribution >= 0.6 is 11.6 Å². The molecular formula is C17H17ClN4O3S. The number of rotatable bonds is 3. The zero-order valence-corrected chi connectivity index (χ0v) is 15.3. The molecule has 1 aromatic heterocycles. The third kappa shape index (κ3) is 3.11. The largest absolute Gasteiger partial charge is 0.369 e. The van der Waals surface area contributed by atoms with Crippen molar-refractivity contribution in [2.75, 3.05) is 31.1 Å². The molecule has 0 amide bonds. The molecular weight excluding hydrogens is 376 g/mol. The van der Waals surface area contributed by atoms with Crippen LogP contribution in [-0.2, 0) is 10.0 Å². The Labute approximate surface area is 155 Å². The number of piperazine rings is 1. The molecule has 0 bridgehead atoms. The number of nitrogens with zero attached hydrogens (tertiary/aromatic N) is 2. The monoisotopic (exact) mass is 392 g/mol. The van der Waals surface area contributed by atoms with Crippen molar-refractivity contribution in [3.63, 3.8) is 0 Å². The second-order valence-corrected chi connectivity index (χ2v) is 8.53. The van der Waals surface area contributed by atoms with Crippen molar-refractivity contribution < 1.29 is 8.42 Å². The van der Waals surface area contributed by atoms with Gasteiger partial charge in [-0.1, -0.05) is 17.7 Å². The Morgan fingerprint density at radius 3 is 2.38 bits per heavy atom. The van der Waals surface area contributed by atoms with E-state index in [-0.39, 0.29) is 10.6 Å². The number of H-pyrrole nitrogens is 2. The Kier molecular flexibility index (Phi) is 4.26. The van der Waals surface area contributed by atoms with Gasteiger partial charge in [-0.2, -0.15) is 4.31 Å². The third-order valence-electron chi connectivity index (χ3n) is 4.54. The molecule has 0 aliphatic carbocycles. The fourth-order valence-electron chi connectivity index (χ4n) is 3.18. The number of fused-ring (bicyclic) bond motifs is 1. The highest BCUT2D eigenvalue weighted by Gasteiger charge is 2.28. The lowest BCUT2D eigenvalue weighted by Crippen LogP contribution is -2.48. The Balaban J connectivity index is 1.52. The summed E-state index contributed by atoms with van der Waals surface area (Å²) < 4.78 is 27.0. The summed E-state index contributed by atoms with van der Waals surface area (Å²) in [6, 6.07) is 12.0. The standard InChI is InChI=1S/C17H17ClN4O3S/c18-12-2-1-3-14(10-12)26(24,25)22-8-6-21(7-9-22)13-4-5-15-16(11-13)20-17(23)19-15/h1-5,10-11H,6-9H2,(H2,19,20,23). The number of imidazole rings is 1. The van der Waals surface area contributed by atoms with Crippen molar-refractivity contribution in [2.45, 2.75) is 4.90 Å². The van der Waals surface area contributed by atoms with Crippen LogP contribution in [0.5, 0.6) is 0 Å². The Morgan fingerprint density at radius 2 is 1.65 bits per heavy atom. The number of sulfonamides is 1. The molecule has 3 aromatic rings. The number of halogens is 1. The van der Waals surface area contributed by atoms with Gasteiger partial charge in [0.2, 0.25) is 10.0 Å². The molecule has 4 rings (SSSR count). The van der Waals surface area contributed by atoms with E-state index in [1.54, 1.807) is 18.2 Å². The molecule has 0 spiro atoms. The average Bonchev–Trinajstić information content (AvgIpc) is 3.01. The van der Waals surface area contributed by atoms with Gasteiger partial charge in [0.25, 0.3) is 0 Å². The van der Waals surface area contributed by atoms with Gasteiger partial charge in [-0.3, -0.25) is 0 Å². The first-order valence-corrected chi connectivity index (χ1v) is 9.98. The van der Waals surface area contributed by atoms with E-state index < -0.39 is 10.0 Å². The molecule has 1 aliphatic rings. The summed E-state index contributed by atoms with van der Waals surface area (Å²) in [6.07, 6.45) is 0. The maximum absolute atomic E-state index is 12.8. The van der Waals surface area contributed by atoms with Crippen molar-refractivity contribution in [3.8, 4) is 0 Å². The molecule has 2 aromatic carbocycles. The lowest BCUT2D eigenvalue weighted by Gasteiger charge is -2.35. The van der Waals surface area contributed by atoms with E-state index in [1.807, 2.05) is 18.2 Å². The fourth-order valence-corrected chi connectivity index (χ4v) is 4.90. The number of aromatic nitrogens is 2. The lowest BCUT2D eigenvalue weighted by molar-refractivity contribution is 0.385. The van der Waals surface area contributed by atoms with Crippen molar-refractivity contribution in [1.82, 2.24) is 14.3 Å². The SMILES string of the molecule is O=c1[nH]c2ccc(N3CCN(S(=O)(=O)c4cccc(Cl)c4)CC3)cc2[nH]1. The van der Waals surface area contributed by atoms with E-state index in [0.717, 1.165) is 16.7 Å². The molecule has 136 valence electrons. The molecule has 7 nitrogen and oxygen atoms in total. The van der Waals surface area contributed by atoms with Gasteiger partial charge in [0.05, 0.1) is 15.9 Å². The van der Waals surface area contributed by atoms with Crippen molar-refractivity contribution >= 4 is 38.3 Å². The molecule has 1 fully saturated rings. The van der Waals surface area contributed by atoms with Crippen molar-refractivity contribution in [3.05, 3.63) is 58.0 Å². The van der Waals surface area contributed by atoms with E-state index in [1.165, 1.54) is 10.4 Å². The first-order valence-electron chi connectivity index (χ1n) is 8.16. The number of benzene rings is 2. The zero-order chi connectivity index (χ0) is 18.3. The van der Waals surface area contributed by atoms with Crippen LogP contribution in [0, 0.1) is 0 Å². The fraction of sp³-hybridized carbons (Fsp3) is 0.235. The normalized spacial score (nSPS) is 16.3. The Morgan fingerprint density at radius 1 is 0.923 bits per heavy atom. The topological polar surface area (TPSA) is 89.3 Å². The van der Waals surface area contributed by atoms with E-state index in [0.29, 0.717) is 31.2 Å². The van der Waals surface area contributed by atoms with Gasteiger partial charge >= 0.3 is 5.69 Å². The number of aromatic amines is 2. The summed E-state index contributed by atoms with van der Waals surface area (Å²) in [6.45, 7) is 1.91. The minimum absolute atomic E-state index is 0.213. The van der Waals surface area contributed by atoms with Crippen LogP contribution in [0.3, 0.4) is 0 Å². The number of nitrogens with one attached hydrogen (secondary N) is 2. The van der Waals surface area contributed by atoms with Crippen LogP contribution in [0.15, 0.2) is 52.2 Å². The molecule has 1 aliphatic heterocycles. The Bertz CT molecular complexity index is 1110. The van der Waals surface area contributed by atoms with Gasteiger partial charge in [0, 0.05) is 36.9 Å². The Hall–Kier alpha value is -2.29. The number of hydrogen-bond donors (Lipinski definition) is 2. The number of hydrogen-bond acceptors (Lipinski definition) is 4. The molecule has 0 unspecified atom stereocenters. The minimum atomic E-state index is -3.55. The van der Waals surface area contributed by atoms with Gasteiger partial charge in [-0.25, -0.2) is 13.2 Å². The maximum atomic E-state index is 12.8. The lowest BCUT2D eigenvalue weighted by atomic mass is 10.2. The van der Waals surface area contributed by atoms with Crippen molar-refractivity contribution in [2.24, 2.45) is 0 Å². The summed E-state index contributed by atoms with van der Waals surface area (Å²) in [5.74, 6) is 0. The predicted molar refractivity (Wildman–Crippen MR) is 101 cm³/mol. The predicted octanol–water partition coefficient (Wildman–Crippen LogP) is 2.02. The van der Waals surface area contributed by atoms with Gasteiger partial charge < -0.3 is 14.9 Å². The van der Waals surface area contributed by atoms with Gasteiger partial charge in [0.1, 0.15) is 0 Å². The first-order chi connectivity index (χ1) is 12.4. The average molecular weight is 393 g/mol. The highest BCUT2D eigenvalue weighted by atomic mass is 35.5. The van der Waals surface area contributed by atoms with Gasteiger partial charge in [0.15, 0.2) is 0 Å². The highest BCUT2D eigenvalue weighted by molar-refractivity contribution is 7.89. The number of anilines is 1. The molecule has 2 N–H and O–H groups in total. The van der Waals surface area contributed by atoms with Crippen molar-refractivity contribution in [1.29, 1.82) is 0 Å². The van der Waals surface area contributed by atoms with Crippen LogP contribution in [0.2, 0.25) is 5.02 Å². The second-order valence-electron chi connectivity index (χ2n) is 6.16. The molecule has 0 saturated carbocycles. The summed E-state index contributed by atoms with van der Waals surface area (Å²) in [5.41, 5.74) is 2.20.